The highest BCUT2D eigenvalue weighted by Crippen LogP contribution is 2.13. The first-order valence-corrected chi connectivity index (χ1v) is 11.2. The molecule has 0 aliphatic rings. The number of aldehydes is 1. The molecule has 0 heterocycles. The molecule has 0 saturated carbocycles. The highest BCUT2D eigenvalue weighted by Gasteiger charge is 2.35. The second-order valence-electron chi connectivity index (χ2n) is 7.91. The van der Waals surface area contributed by atoms with Gasteiger partial charge in [-0.1, -0.05) is 60.7 Å². The monoisotopic (exact) mass is 418 g/mol. The SMILES string of the molecule is CC(C)(C)OC[C@@H](O)[C@@H](O)[C@H](O)[C@H](C=O)O[SiH](c1ccccc1)c1ccccc1. The van der Waals surface area contributed by atoms with Crippen LogP contribution >= 0.6 is 0 Å². The van der Waals surface area contributed by atoms with E-state index in [9.17, 15) is 20.1 Å². The van der Waals surface area contributed by atoms with E-state index in [1.165, 1.54) is 0 Å². The minimum Gasteiger partial charge on any atom is -0.398 e. The summed E-state index contributed by atoms with van der Waals surface area (Å²) in [4.78, 5) is 11.7. The predicted octanol–water partition coefficient (Wildman–Crippen LogP) is 0.00650. The fourth-order valence-corrected chi connectivity index (χ4v) is 5.19. The van der Waals surface area contributed by atoms with Gasteiger partial charge in [0.2, 0.25) is 9.04 Å². The topological polar surface area (TPSA) is 96.2 Å². The van der Waals surface area contributed by atoms with Crippen LogP contribution in [0.3, 0.4) is 0 Å². The van der Waals surface area contributed by atoms with Crippen molar-refractivity contribution >= 4 is 25.7 Å². The Bertz CT molecular complexity index is 694. The highest BCUT2D eigenvalue weighted by molar-refractivity contribution is 6.80. The Morgan fingerprint density at radius 3 is 1.79 bits per heavy atom. The Balaban J connectivity index is 2.16. The predicted molar refractivity (Wildman–Crippen MR) is 114 cm³/mol. The molecule has 0 radical (unpaired) electrons. The molecule has 29 heavy (non-hydrogen) atoms. The van der Waals surface area contributed by atoms with Crippen LogP contribution in [-0.2, 0) is 14.0 Å². The second-order valence-corrected chi connectivity index (χ2v) is 10.3. The fraction of sp³-hybridized carbons (Fsp3) is 0.409. The number of hydrogen-bond donors (Lipinski definition) is 3. The minimum absolute atomic E-state index is 0.175. The number of carbonyl (C=O) groups excluding carboxylic acids is 1. The lowest BCUT2D eigenvalue weighted by atomic mass is 10.0. The van der Waals surface area contributed by atoms with Gasteiger partial charge in [0.15, 0.2) is 0 Å². The maximum atomic E-state index is 11.7. The van der Waals surface area contributed by atoms with Crippen molar-refractivity contribution in [3.05, 3.63) is 60.7 Å². The average molecular weight is 419 g/mol. The smallest absolute Gasteiger partial charge is 0.241 e. The van der Waals surface area contributed by atoms with Gasteiger partial charge in [0, 0.05) is 0 Å². The van der Waals surface area contributed by atoms with Crippen molar-refractivity contribution in [3.63, 3.8) is 0 Å². The molecule has 3 N–H and O–H groups in total. The minimum atomic E-state index is -2.31. The molecule has 0 aliphatic carbocycles. The molecule has 2 rings (SSSR count). The van der Waals surface area contributed by atoms with Gasteiger partial charge in [0.1, 0.15) is 30.7 Å². The summed E-state index contributed by atoms with van der Waals surface area (Å²) in [7, 11) is -2.31. The zero-order chi connectivity index (χ0) is 21.4. The van der Waals surface area contributed by atoms with Gasteiger partial charge in [-0.15, -0.1) is 0 Å². The molecule has 0 unspecified atom stereocenters. The highest BCUT2D eigenvalue weighted by atomic mass is 28.3. The zero-order valence-corrected chi connectivity index (χ0v) is 18.2. The number of ether oxygens (including phenoxy) is 1. The van der Waals surface area contributed by atoms with E-state index < -0.39 is 39.1 Å². The van der Waals surface area contributed by atoms with E-state index >= 15 is 0 Å². The largest absolute Gasteiger partial charge is 0.398 e. The zero-order valence-electron chi connectivity index (χ0n) is 17.0. The summed E-state index contributed by atoms with van der Waals surface area (Å²) in [5.41, 5.74) is -0.509. The summed E-state index contributed by atoms with van der Waals surface area (Å²) in [5.74, 6) is 0. The number of aliphatic hydroxyl groups excluding tert-OH is 3. The third kappa shape index (κ3) is 7.15. The molecule has 0 saturated heterocycles. The third-order valence-electron chi connectivity index (χ3n) is 4.40. The Morgan fingerprint density at radius 2 is 1.38 bits per heavy atom. The first-order chi connectivity index (χ1) is 13.7. The van der Waals surface area contributed by atoms with Crippen LogP contribution in [0.2, 0.25) is 0 Å². The molecule has 7 heteroatoms. The molecule has 2 aromatic rings. The second kappa shape index (κ2) is 10.8. The molecule has 0 aromatic heterocycles. The summed E-state index contributed by atoms with van der Waals surface area (Å²) < 4.78 is 11.5. The van der Waals surface area contributed by atoms with Crippen LogP contribution in [0, 0.1) is 0 Å². The quantitative estimate of drug-likeness (QED) is 0.372. The summed E-state index contributed by atoms with van der Waals surface area (Å²) >= 11 is 0. The average Bonchev–Trinajstić information content (AvgIpc) is 2.72. The van der Waals surface area contributed by atoms with E-state index in [1.54, 1.807) is 0 Å². The number of hydrogen-bond acceptors (Lipinski definition) is 6. The van der Waals surface area contributed by atoms with Gasteiger partial charge in [-0.25, -0.2) is 0 Å². The van der Waals surface area contributed by atoms with Crippen molar-refractivity contribution in [1.82, 2.24) is 0 Å². The van der Waals surface area contributed by atoms with E-state index in [2.05, 4.69) is 0 Å². The summed E-state index contributed by atoms with van der Waals surface area (Å²) in [6, 6.07) is 19.0. The van der Waals surface area contributed by atoms with Crippen LogP contribution in [0.5, 0.6) is 0 Å². The summed E-state index contributed by atoms with van der Waals surface area (Å²) in [6.07, 6.45) is -5.35. The van der Waals surface area contributed by atoms with Crippen LogP contribution in [-0.4, -0.2) is 67.3 Å². The maximum absolute atomic E-state index is 11.7. The van der Waals surface area contributed by atoms with Gasteiger partial charge >= 0.3 is 0 Å². The van der Waals surface area contributed by atoms with Gasteiger partial charge in [-0.3, -0.25) is 0 Å². The van der Waals surface area contributed by atoms with Crippen molar-refractivity contribution in [1.29, 1.82) is 0 Å². The van der Waals surface area contributed by atoms with Crippen LogP contribution in [0.1, 0.15) is 20.8 Å². The normalized spacial score (nSPS) is 16.2. The molecule has 0 spiro atoms. The Morgan fingerprint density at radius 1 is 0.897 bits per heavy atom. The molecule has 0 amide bonds. The van der Waals surface area contributed by atoms with Crippen molar-refractivity contribution in [2.75, 3.05) is 6.61 Å². The van der Waals surface area contributed by atoms with Gasteiger partial charge in [0.05, 0.1) is 12.2 Å². The lowest BCUT2D eigenvalue weighted by Crippen LogP contribution is -2.54. The van der Waals surface area contributed by atoms with Gasteiger partial charge in [0.25, 0.3) is 0 Å². The van der Waals surface area contributed by atoms with Gasteiger partial charge in [-0.05, 0) is 31.1 Å². The van der Waals surface area contributed by atoms with E-state index in [0.29, 0.717) is 6.29 Å². The molecular weight excluding hydrogens is 388 g/mol. The number of carbonyl (C=O) groups is 1. The fourth-order valence-electron chi connectivity index (χ4n) is 2.81. The molecule has 0 aliphatic heterocycles. The molecule has 2 aromatic carbocycles. The summed E-state index contributed by atoms with van der Waals surface area (Å²) in [6.45, 7) is 5.27. The van der Waals surface area contributed by atoms with Crippen molar-refractivity contribution in [3.8, 4) is 0 Å². The first kappa shape index (κ1) is 23.4. The Hall–Kier alpha value is -1.87. The summed E-state index contributed by atoms with van der Waals surface area (Å²) in [5, 5.41) is 32.9. The van der Waals surface area contributed by atoms with Crippen LogP contribution in [0.25, 0.3) is 0 Å². The molecule has 0 fully saturated rings. The molecule has 6 nitrogen and oxygen atoms in total. The van der Waals surface area contributed by atoms with E-state index in [1.807, 2.05) is 81.4 Å². The first-order valence-electron chi connectivity index (χ1n) is 9.61. The van der Waals surface area contributed by atoms with Crippen molar-refractivity contribution in [2.24, 2.45) is 0 Å². The molecule has 4 atom stereocenters. The van der Waals surface area contributed by atoms with E-state index in [0.717, 1.165) is 10.4 Å². The van der Waals surface area contributed by atoms with Crippen LogP contribution in [0.4, 0.5) is 0 Å². The van der Waals surface area contributed by atoms with E-state index in [4.69, 9.17) is 9.16 Å². The van der Waals surface area contributed by atoms with Crippen LogP contribution < -0.4 is 10.4 Å². The molecule has 0 bridgehead atoms. The van der Waals surface area contributed by atoms with Crippen molar-refractivity contribution < 1.29 is 29.3 Å². The number of benzene rings is 2. The maximum Gasteiger partial charge on any atom is 0.241 e. The molecular formula is C22H30O6Si. The Kier molecular flexibility index (Phi) is 8.70. The molecule has 158 valence electrons. The Labute approximate surface area is 173 Å². The van der Waals surface area contributed by atoms with Gasteiger partial charge in [-0.2, -0.15) is 0 Å². The lowest BCUT2D eigenvalue weighted by molar-refractivity contribution is -0.142. The number of rotatable bonds is 10. The number of aliphatic hydroxyl groups is 3. The third-order valence-corrected chi connectivity index (χ3v) is 6.97. The van der Waals surface area contributed by atoms with Crippen LogP contribution in [0.15, 0.2) is 60.7 Å². The van der Waals surface area contributed by atoms with E-state index in [-0.39, 0.29) is 6.61 Å². The van der Waals surface area contributed by atoms with Gasteiger partial charge < -0.3 is 29.3 Å². The lowest BCUT2D eigenvalue weighted by Gasteiger charge is -2.30. The standard InChI is InChI=1S/C22H30O6Si/c1-22(2,3)27-15-18(24)20(25)21(26)19(14-23)28-29(16-10-6-4-7-11-16)17-12-8-5-9-13-17/h4-14,18-21,24-26,29H,15H2,1-3H3/t18-,19+,20-,21-/m1/s1. The van der Waals surface area contributed by atoms with Crippen molar-refractivity contribution in [2.45, 2.75) is 50.8 Å².